The molecule has 188 valence electrons. The molecule has 0 unspecified atom stereocenters. The third-order valence-corrected chi connectivity index (χ3v) is 8.24. The van der Waals surface area contributed by atoms with Crippen molar-refractivity contribution >= 4 is 52.2 Å². The maximum atomic E-state index is 13.8. The molecule has 1 amide bonds. The highest BCUT2D eigenvalue weighted by atomic mass is 35.5. The lowest BCUT2D eigenvalue weighted by Crippen LogP contribution is -2.26. The van der Waals surface area contributed by atoms with E-state index in [0.717, 1.165) is 57.5 Å². The third-order valence-electron chi connectivity index (χ3n) is 7.58. The minimum Gasteiger partial charge on any atom is -0.322 e. The Labute approximate surface area is 230 Å². The van der Waals surface area contributed by atoms with E-state index >= 15 is 0 Å². The van der Waals surface area contributed by atoms with Gasteiger partial charge in [-0.1, -0.05) is 65.7 Å². The number of rotatable bonds is 4. The molecule has 4 aromatic carbocycles. The van der Waals surface area contributed by atoms with Crippen molar-refractivity contribution in [2.24, 2.45) is 0 Å². The molecule has 5 heteroatoms. The van der Waals surface area contributed by atoms with E-state index in [1.54, 1.807) is 30.3 Å². The van der Waals surface area contributed by atoms with Gasteiger partial charge in [0.1, 0.15) is 0 Å². The molecular weight excluding hydrogens is 513 g/mol. The Morgan fingerprint density at radius 2 is 1.55 bits per heavy atom. The van der Waals surface area contributed by atoms with E-state index in [1.165, 1.54) is 16.3 Å². The zero-order valence-corrected chi connectivity index (χ0v) is 22.4. The second-order valence-corrected chi connectivity index (χ2v) is 10.7. The molecule has 6 rings (SSSR count). The van der Waals surface area contributed by atoms with Gasteiger partial charge in [-0.3, -0.25) is 9.59 Å². The Morgan fingerprint density at radius 1 is 0.763 bits per heavy atom. The summed E-state index contributed by atoms with van der Waals surface area (Å²) in [6, 6.07) is 22.7. The summed E-state index contributed by atoms with van der Waals surface area (Å²) in [5.74, 6) is -0.232. The molecule has 2 aliphatic carbocycles. The lowest BCUT2D eigenvalue weighted by Gasteiger charge is -2.21. The number of nitrogens with one attached hydrogen (secondary N) is 1. The van der Waals surface area contributed by atoms with Crippen LogP contribution >= 0.6 is 23.2 Å². The molecule has 0 radical (unpaired) electrons. The summed E-state index contributed by atoms with van der Waals surface area (Å²) < 4.78 is 0. The van der Waals surface area contributed by atoms with Crippen LogP contribution in [-0.2, 0) is 12.8 Å². The van der Waals surface area contributed by atoms with Crippen LogP contribution in [0.15, 0.2) is 72.8 Å². The normalized spacial score (nSPS) is 13.6. The SMILES string of the molecule is Cc1cc(NC(=O)c2ccccc2Cl)ccc1C(=O)C1=c2ccc3c(c2CCC1)CC=c1c(Cl)cccc1=3. The van der Waals surface area contributed by atoms with Gasteiger partial charge in [-0.05, 0) is 107 Å². The second-order valence-electron chi connectivity index (χ2n) is 9.85. The first-order valence-corrected chi connectivity index (χ1v) is 13.5. The monoisotopic (exact) mass is 537 g/mol. The second kappa shape index (κ2) is 9.90. The van der Waals surface area contributed by atoms with Crippen LogP contribution in [0.5, 0.6) is 0 Å². The first-order chi connectivity index (χ1) is 18.4. The average molecular weight is 538 g/mol. The van der Waals surface area contributed by atoms with Crippen molar-refractivity contribution in [2.75, 3.05) is 5.32 Å². The van der Waals surface area contributed by atoms with Gasteiger partial charge in [0.15, 0.2) is 5.78 Å². The van der Waals surface area contributed by atoms with Crippen LogP contribution < -0.4 is 15.8 Å². The fourth-order valence-electron chi connectivity index (χ4n) is 5.75. The number of anilines is 1. The van der Waals surface area contributed by atoms with Crippen molar-refractivity contribution < 1.29 is 9.59 Å². The molecule has 0 aromatic heterocycles. The topological polar surface area (TPSA) is 46.2 Å². The molecule has 3 nitrogen and oxygen atoms in total. The quantitative estimate of drug-likeness (QED) is 0.300. The minimum atomic E-state index is -0.283. The molecule has 0 atom stereocenters. The lowest BCUT2D eigenvalue weighted by atomic mass is 9.83. The fraction of sp³-hybridized carbons (Fsp3) is 0.152. The highest BCUT2D eigenvalue weighted by molar-refractivity contribution is 6.34. The number of halogens is 2. The van der Waals surface area contributed by atoms with E-state index in [4.69, 9.17) is 23.2 Å². The molecule has 38 heavy (non-hydrogen) atoms. The number of benzene rings is 4. The van der Waals surface area contributed by atoms with Crippen LogP contribution in [0.4, 0.5) is 5.69 Å². The highest BCUT2D eigenvalue weighted by Gasteiger charge is 2.22. The number of carbonyl (C=O) groups is 2. The fourth-order valence-corrected chi connectivity index (χ4v) is 6.22. The first-order valence-electron chi connectivity index (χ1n) is 12.8. The van der Waals surface area contributed by atoms with Crippen molar-refractivity contribution in [1.82, 2.24) is 0 Å². The molecule has 1 N–H and O–H groups in total. The molecule has 0 heterocycles. The Balaban J connectivity index is 1.38. The summed E-state index contributed by atoms with van der Waals surface area (Å²) in [6.07, 6.45) is 5.68. The van der Waals surface area contributed by atoms with Crippen molar-refractivity contribution in [1.29, 1.82) is 0 Å². The highest BCUT2D eigenvalue weighted by Crippen LogP contribution is 2.26. The molecular formula is C33H25Cl2NO2. The van der Waals surface area contributed by atoms with E-state index in [-0.39, 0.29) is 11.7 Å². The van der Waals surface area contributed by atoms with E-state index in [1.807, 2.05) is 31.2 Å². The maximum absolute atomic E-state index is 13.8. The largest absolute Gasteiger partial charge is 0.322 e. The smallest absolute Gasteiger partial charge is 0.257 e. The van der Waals surface area contributed by atoms with Gasteiger partial charge in [0.2, 0.25) is 0 Å². The number of fused-ring (bicyclic) bond motifs is 4. The Morgan fingerprint density at radius 3 is 2.37 bits per heavy atom. The predicted molar refractivity (Wildman–Crippen MR) is 154 cm³/mol. The number of Topliss-reactive ketones (excluding diaryl/α,β-unsaturated/α-hetero) is 1. The molecule has 0 bridgehead atoms. The van der Waals surface area contributed by atoms with Crippen LogP contribution in [0.2, 0.25) is 10.0 Å². The Kier molecular flexibility index (Phi) is 6.43. The van der Waals surface area contributed by atoms with Gasteiger partial charge in [-0.25, -0.2) is 0 Å². The summed E-state index contributed by atoms with van der Waals surface area (Å²) in [5, 5.41) is 8.59. The predicted octanol–water partition coefficient (Wildman–Crippen LogP) is 6.55. The number of amides is 1. The van der Waals surface area contributed by atoms with Gasteiger partial charge in [0.25, 0.3) is 5.91 Å². The summed E-state index contributed by atoms with van der Waals surface area (Å²) in [6.45, 7) is 1.91. The van der Waals surface area contributed by atoms with Crippen LogP contribution in [0.3, 0.4) is 0 Å². The summed E-state index contributed by atoms with van der Waals surface area (Å²) in [5.41, 5.74) is 5.96. The number of hydrogen-bond acceptors (Lipinski definition) is 2. The Hall–Kier alpha value is -3.66. The maximum Gasteiger partial charge on any atom is 0.257 e. The standard InChI is InChI=1S/C33H25Cl2NO2/c1-19-18-20(36-33(38)29-6-2-3-10-31(29)35)12-13-21(19)32(37)28-9-4-7-22-24-16-17-27-23(8-5-11-30(27)34)25(24)14-15-26(22)28/h2-3,5-6,8,10-15,17-18H,4,7,9,16H2,1H3,(H,36,38). The molecule has 4 aromatic rings. The molecule has 0 spiro atoms. The zero-order chi connectivity index (χ0) is 26.4. The number of aryl methyl sites for hydroxylation is 1. The van der Waals surface area contributed by atoms with Gasteiger partial charge < -0.3 is 5.32 Å². The zero-order valence-electron chi connectivity index (χ0n) is 20.9. The minimum absolute atomic E-state index is 0.0515. The molecule has 0 saturated carbocycles. The van der Waals surface area contributed by atoms with E-state index in [0.29, 0.717) is 21.8 Å². The summed E-state index contributed by atoms with van der Waals surface area (Å²) in [7, 11) is 0. The van der Waals surface area contributed by atoms with Crippen LogP contribution in [-0.4, -0.2) is 11.7 Å². The number of carbonyl (C=O) groups excluding carboxylic acids is 2. The number of hydrogen-bond donors (Lipinski definition) is 1. The Bertz CT molecular complexity index is 1870. The van der Waals surface area contributed by atoms with Crippen molar-refractivity contribution in [3.63, 3.8) is 0 Å². The summed E-state index contributed by atoms with van der Waals surface area (Å²) in [4.78, 5) is 26.5. The number of ketones is 1. The van der Waals surface area contributed by atoms with E-state index < -0.39 is 0 Å². The van der Waals surface area contributed by atoms with Crippen molar-refractivity contribution in [3.05, 3.63) is 132 Å². The van der Waals surface area contributed by atoms with Gasteiger partial charge in [-0.2, -0.15) is 0 Å². The molecule has 0 aliphatic heterocycles. The van der Waals surface area contributed by atoms with Crippen molar-refractivity contribution in [2.45, 2.75) is 32.6 Å². The van der Waals surface area contributed by atoms with Gasteiger partial charge in [-0.15, -0.1) is 0 Å². The van der Waals surface area contributed by atoms with E-state index in [2.05, 4.69) is 29.6 Å². The summed E-state index contributed by atoms with van der Waals surface area (Å²) >= 11 is 12.6. The van der Waals surface area contributed by atoms with Crippen LogP contribution in [0.1, 0.15) is 50.2 Å². The lowest BCUT2D eigenvalue weighted by molar-refractivity contribution is 0.102. The third kappa shape index (κ3) is 4.26. The molecule has 2 aliphatic rings. The molecule has 0 saturated heterocycles. The van der Waals surface area contributed by atoms with E-state index in [9.17, 15) is 9.59 Å². The average Bonchev–Trinajstić information content (AvgIpc) is 2.92. The van der Waals surface area contributed by atoms with Crippen molar-refractivity contribution in [3.8, 4) is 0 Å². The van der Waals surface area contributed by atoms with Crippen LogP contribution in [0, 0.1) is 17.4 Å². The molecule has 0 fully saturated rings. The van der Waals surface area contributed by atoms with Gasteiger partial charge in [0.05, 0.1) is 10.6 Å². The van der Waals surface area contributed by atoms with Crippen LogP contribution in [0.25, 0.3) is 11.6 Å². The van der Waals surface area contributed by atoms with Gasteiger partial charge >= 0.3 is 0 Å². The first kappa shape index (κ1) is 24.7. The van der Waals surface area contributed by atoms with Gasteiger partial charge in [0, 0.05) is 21.8 Å².